The van der Waals surface area contributed by atoms with E-state index in [0.717, 1.165) is 11.3 Å². The summed E-state index contributed by atoms with van der Waals surface area (Å²) in [6.07, 6.45) is 0. The van der Waals surface area contributed by atoms with Crippen LogP contribution < -0.4 is 11.1 Å². The number of ketones is 1. The van der Waals surface area contributed by atoms with Gasteiger partial charge >= 0.3 is 5.97 Å². The number of primary amides is 1. The van der Waals surface area contributed by atoms with Crippen LogP contribution in [0, 0.1) is 0 Å². The number of nitrogens with one attached hydrogen (secondary N) is 1. The third-order valence-electron chi connectivity index (χ3n) is 2.18. The minimum atomic E-state index is -0.628. The highest BCUT2D eigenvalue weighted by molar-refractivity contribution is 7.17. The Kier molecular flexibility index (Phi) is 6.76. The molecule has 0 spiro atoms. The number of esters is 1. The Morgan fingerprint density at radius 1 is 1.38 bits per heavy atom. The fourth-order valence-corrected chi connectivity index (χ4v) is 2.25. The maximum Gasteiger partial charge on any atom is 0.358 e. The first kappa shape index (κ1) is 17.1. The first-order valence-electron chi connectivity index (χ1n) is 6.24. The number of hydrogen-bond donors (Lipinski definition) is 2. The Hall–Kier alpha value is -2.00. The van der Waals surface area contributed by atoms with Crippen LogP contribution in [0.1, 0.15) is 34.0 Å². The quantitative estimate of drug-likeness (QED) is 0.385. The van der Waals surface area contributed by atoms with Gasteiger partial charge in [0.25, 0.3) is 0 Å². The molecule has 21 heavy (non-hydrogen) atoms. The third kappa shape index (κ3) is 5.48. The molecule has 0 aliphatic rings. The van der Waals surface area contributed by atoms with Gasteiger partial charge in [0, 0.05) is 13.5 Å². The highest BCUT2D eigenvalue weighted by Crippen LogP contribution is 2.24. The molecule has 1 aromatic rings. The van der Waals surface area contributed by atoms with E-state index in [-0.39, 0.29) is 36.2 Å². The fraction of sp³-hybridized carbons (Fsp3) is 0.500. The van der Waals surface area contributed by atoms with Crippen LogP contribution in [0.5, 0.6) is 0 Å². The first-order chi connectivity index (χ1) is 9.95. The van der Waals surface area contributed by atoms with Gasteiger partial charge in [0.1, 0.15) is 11.5 Å². The zero-order valence-corrected chi connectivity index (χ0v) is 12.6. The van der Waals surface area contributed by atoms with E-state index in [9.17, 15) is 14.4 Å². The molecule has 0 saturated heterocycles. The van der Waals surface area contributed by atoms with E-state index in [4.69, 9.17) is 15.2 Å². The number of rotatable bonds is 9. The van der Waals surface area contributed by atoms with Gasteiger partial charge in [0.05, 0.1) is 13.2 Å². The van der Waals surface area contributed by atoms with Crippen molar-refractivity contribution < 1.29 is 23.9 Å². The van der Waals surface area contributed by atoms with Crippen LogP contribution in [-0.2, 0) is 14.3 Å². The predicted octanol–water partition coefficient (Wildman–Crippen LogP) is 0.436. The second-order valence-corrected chi connectivity index (χ2v) is 4.92. The van der Waals surface area contributed by atoms with Crippen LogP contribution in [0.4, 0.5) is 5.13 Å². The fourth-order valence-electron chi connectivity index (χ4n) is 1.38. The number of aromatic nitrogens is 1. The number of nitrogens with two attached hydrogens (primary N) is 1. The highest BCUT2D eigenvalue weighted by Gasteiger charge is 2.22. The summed E-state index contributed by atoms with van der Waals surface area (Å²) in [6.45, 7) is 3.68. The Labute approximate surface area is 125 Å². The number of carbonyl (C=O) groups excluding carboxylic acids is 3. The zero-order chi connectivity index (χ0) is 15.8. The third-order valence-corrected chi connectivity index (χ3v) is 3.30. The van der Waals surface area contributed by atoms with Crippen LogP contribution in [0.3, 0.4) is 0 Å². The Morgan fingerprint density at radius 2 is 2.10 bits per heavy atom. The number of amides is 1. The lowest BCUT2D eigenvalue weighted by Gasteiger charge is -2.02. The molecule has 0 fully saturated rings. The number of hydrogen-bond acceptors (Lipinski definition) is 8. The minimum absolute atomic E-state index is 0.00917. The summed E-state index contributed by atoms with van der Waals surface area (Å²) in [7, 11) is 0. The molecular formula is C12H17N3O5S. The zero-order valence-electron chi connectivity index (χ0n) is 11.8. The molecule has 1 heterocycles. The lowest BCUT2D eigenvalue weighted by Crippen LogP contribution is -2.20. The second-order valence-electron chi connectivity index (χ2n) is 3.92. The molecule has 0 radical (unpaired) electrons. The van der Waals surface area contributed by atoms with Crippen LogP contribution in [0.15, 0.2) is 0 Å². The normalized spacial score (nSPS) is 10.2. The van der Waals surface area contributed by atoms with Gasteiger partial charge in [-0.3, -0.25) is 9.59 Å². The summed E-state index contributed by atoms with van der Waals surface area (Å²) >= 11 is 1.07. The maximum absolute atomic E-state index is 11.7. The van der Waals surface area contributed by atoms with Crippen LogP contribution in [0.25, 0.3) is 0 Å². The van der Waals surface area contributed by atoms with E-state index >= 15 is 0 Å². The minimum Gasteiger partial charge on any atom is -0.461 e. The van der Waals surface area contributed by atoms with Gasteiger partial charge in [-0.2, -0.15) is 0 Å². The van der Waals surface area contributed by atoms with Crippen molar-refractivity contribution in [2.24, 2.45) is 5.73 Å². The highest BCUT2D eigenvalue weighted by atomic mass is 32.1. The molecule has 1 rings (SSSR count). The van der Waals surface area contributed by atoms with Gasteiger partial charge in [0.15, 0.2) is 16.6 Å². The summed E-state index contributed by atoms with van der Waals surface area (Å²) in [5, 5.41) is 3.31. The van der Waals surface area contributed by atoms with E-state index in [1.54, 1.807) is 6.92 Å². The van der Waals surface area contributed by atoms with Crippen molar-refractivity contribution in [1.82, 2.24) is 4.98 Å². The van der Waals surface area contributed by atoms with Gasteiger partial charge in [-0.15, -0.1) is 0 Å². The lowest BCUT2D eigenvalue weighted by molar-refractivity contribution is -0.122. The standard InChI is InChI=1S/C12H17N3O5S/c1-3-20-11(18)9-10(7(2)16)21-12(15-9)14-4-5-19-6-8(13)17/h3-6H2,1-2H3,(H2,13,17)(H,14,15). The summed E-state index contributed by atoms with van der Waals surface area (Å²) in [5.74, 6) is -1.43. The molecule has 116 valence electrons. The molecule has 0 bridgehead atoms. The van der Waals surface area contributed by atoms with Gasteiger partial charge < -0.3 is 20.5 Å². The molecular weight excluding hydrogens is 298 g/mol. The summed E-state index contributed by atoms with van der Waals surface area (Å²) in [4.78, 5) is 38.0. The van der Waals surface area contributed by atoms with Gasteiger partial charge in [0.2, 0.25) is 5.91 Å². The van der Waals surface area contributed by atoms with Crippen molar-refractivity contribution in [3.05, 3.63) is 10.6 Å². The molecule has 1 amide bonds. The first-order valence-corrected chi connectivity index (χ1v) is 7.06. The Bertz CT molecular complexity index is 529. The van der Waals surface area contributed by atoms with Crippen LogP contribution in [0.2, 0.25) is 0 Å². The molecule has 3 N–H and O–H groups in total. The van der Waals surface area contributed by atoms with Crippen molar-refractivity contribution in [2.45, 2.75) is 13.8 Å². The molecule has 0 aliphatic carbocycles. The SMILES string of the molecule is CCOC(=O)c1nc(NCCOCC(N)=O)sc1C(C)=O. The van der Waals surface area contributed by atoms with E-state index in [1.165, 1.54) is 6.92 Å². The van der Waals surface area contributed by atoms with E-state index in [2.05, 4.69) is 10.3 Å². The van der Waals surface area contributed by atoms with E-state index in [0.29, 0.717) is 11.7 Å². The average molecular weight is 315 g/mol. The summed E-state index contributed by atoms with van der Waals surface area (Å²) < 4.78 is 9.82. The number of ether oxygens (including phenoxy) is 2. The van der Waals surface area contributed by atoms with Gasteiger partial charge in [-0.25, -0.2) is 9.78 Å². The average Bonchev–Trinajstić information content (AvgIpc) is 2.82. The molecule has 1 aromatic heterocycles. The molecule has 0 atom stereocenters. The molecule has 0 saturated carbocycles. The number of carbonyl (C=O) groups is 3. The smallest absolute Gasteiger partial charge is 0.358 e. The molecule has 0 aromatic carbocycles. The number of Topliss-reactive ketones (excluding diaryl/α,β-unsaturated/α-hetero) is 1. The van der Waals surface area contributed by atoms with Crippen molar-refractivity contribution >= 4 is 34.1 Å². The van der Waals surface area contributed by atoms with Gasteiger partial charge in [-0.05, 0) is 6.92 Å². The van der Waals surface area contributed by atoms with E-state index < -0.39 is 11.9 Å². The molecule has 0 unspecified atom stereocenters. The topological polar surface area (TPSA) is 121 Å². The van der Waals surface area contributed by atoms with Crippen molar-refractivity contribution in [1.29, 1.82) is 0 Å². The van der Waals surface area contributed by atoms with Crippen LogP contribution >= 0.6 is 11.3 Å². The number of nitrogens with zero attached hydrogens (tertiary/aromatic N) is 1. The number of thiazole rings is 1. The number of anilines is 1. The van der Waals surface area contributed by atoms with Crippen molar-refractivity contribution in [2.75, 3.05) is 31.7 Å². The largest absolute Gasteiger partial charge is 0.461 e. The summed E-state index contributed by atoms with van der Waals surface area (Å²) in [5.41, 5.74) is 4.93. The monoisotopic (exact) mass is 315 g/mol. The summed E-state index contributed by atoms with van der Waals surface area (Å²) in [6, 6.07) is 0. The maximum atomic E-state index is 11.7. The predicted molar refractivity (Wildman–Crippen MR) is 76.6 cm³/mol. The van der Waals surface area contributed by atoms with Crippen molar-refractivity contribution in [3.8, 4) is 0 Å². The van der Waals surface area contributed by atoms with E-state index in [1.807, 2.05) is 0 Å². The Morgan fingerprint density at radius 3 is 2.67 bits per heavy atom. The molecule has 0 aliphatic heterocycles. The van der Waals surface area contributed by atoms with Gasteiger partial charge in [-0.1, -0.05) is 11.3 Å². The second kappa shape index (κ2) is 8.32. The molecule has 9 heteroatoms. The molecule has 8 nitrogen and oxygen atoms in total. The van der Waals surface area contributed by atoms with Crippen molar-refractivity contribution in [3.63, 3.8) is 0 Å². The lowest BCUT2D eigenvalue weighted by atomic mass is 10.3. The van der Waals surface area contributed by atoms with Crippen LogP contribution in [-0.4, -0.2) is 49.0 Å². The Balaban J connectivity index is 2.63.